The normalized spacial score (nSPS) is 17.1. The zero-order valence-corrected chi connectivity index (χ0v) is 21.7. The van der Waals surface area contributed by atoms with Crippen molar-refractivity contribution in [2.45, 2.75) is 38.3 Å². The molecule has 2 aromatic heterocycles. The number of rotatable bonds is 7. The summed E-state index contributed by atoms with van der Waals surface area (Å²) in [5.74, 6) is 0.620. The first-order valence-corrected chi connectivity index (χ1v) is 13.1. The van der Waals surface area contributed by atoms with E-state index in [2.05, 4.69) is 61.5 Å². The summed E-state index contributed by atoms with van der Waals surface area (Å²) in [5, 5.41) is 1.88. The minimum absolute atomic E-state index is 0.168. The van der Waals surface area contributed by atoms with E-state index in [1.807, 2.05) is 18.9 Å². The van der Waals surface area contributed by atoms with Crippen molar-refractivity contribution in [1.29, 1.82) is 0 Å². The Morgan fingerprint density at radius 2 is 1.81 bits per heavy atom. The molecule has 2 fully saturated rings. The summed E-state index contributed by atoms with van der Waals surface area (Å²) < 4.78 is 0. The van der Waals surface area contributed by atoms with Gasteiger partial charge in [0.2, 0.25) is 5.95 Å². The van der Waals surface area contributed by atoms with Gasteiger partial charge in [0.25, 0.3) is 5.91 Å². The van der Waals surface area contributed by atoms with Crippen LogP contribution in [0.25, 0.3) is 11.1 Å². The van der Waals surface area contributed by atoms with E-state index in [1.165, 1.54) is 5.56 Å². The molecule has 0 atom stereocenters. The van der Waals surface area contributed by atoms with E-state index in [4.69, 9.17) is 5.73 Å². The average molecular weight is 498 g/mol. The number of anilines is 2. The maximum atomic E-state index is 13.4. The number of hydrogen-bond donors (Lipinski definition) is 2. The maximum absolute atomic E-state index is 13.4. The topological polar surface area (TPSA) is 104 Å². The lowest BCUT2D eigenvalue weighted by molar-refractivity contribution is 0.0943. The Bertz CT molecular complexity index is 1220. The molecule has 1 aromatic carbocycles. The third-order valence-corrected chi connectivity index (χ3v) is 7.39. The monoisotopic (exact) mass is 498 g/mol. The number of nitrogen functional groups attached to an aromatic ring is 1. The van der Waals surface area contributed by atoms with Gasteiger partial charge in [-0.05, 0) is 42.5 Å². The number of nitrogens with two attached hydrogens (primary N) is 1. The molecule has 0 bridgehead atoms. The van der Waals surface area contributed by atoms with Crippen LogP contribution in [0, 0.1) is 0 Å². The lowest BCUT2D eigenvalue weighted by atomic mass is 9.98. The second-order valence-corrected chi connectivity index (χ2v) is 10.2. The van der Waals surface area contributed by atoms with Crippen molar-refractivity contribution in [3.8, 4) is 11.1 Å². The minimum atomic E-state index is -0.218. The first-order valence-electron chi connectivity index (χ1n) is 13.1. The highest BCUT2D eigenvalue weighted by Crippen LogP contribution is 2.26. The van der Waals surface area contributed by atoms with Gasteiger partial charge in [-0.2, -0.15) is 4.98 Å². The fourth-order valence-corrected chi connectivity index (χ4v) is 5.13. The summed E-state index contributed by atoms with van der Waals surface area (Å²) >= 11 is 0. The SMILES string of the molecule is Bc1cnc(N)nc1N(NC(=O)c1cncc(-c2ccc(CN3CCN(C)CC3)cc2)c1)C1CCCC1. The molecular weight excluding hydrogens is 463 g/mol. The summed E-state index contributed by atoms with van der Waals surface area (Å²) in [7, 11) is 4.10. The molecular formula is C27H35BN8O. The number of nitrogens with one attached hydrogen (secondary N) is 1. The van der Waals surface area contributed by atoms with E-state index in [9.17, 15) is 4.79 Å². The molecule has 9 nitrogen and oxygen atoms in total. The number of aromatic nitrogens is 3. The number of nitrogens with zero attached hydrogens (tertiary/aromatic N) is 6. The van der Waals surface area contributed by atoms with Crippen molar-refractivity contribution in [2.24, 2.45) is 0 Å². The van der Waals surface area contributed by atoms with Crippen molar-refractivity contribution >= 4 is 31.0 Å². The summed E-state index contributed by atoms with van der Waals surface area (Å²) in [6.45, 7) is 5.37. The van der Waals surface area contributed by atoms with Crippen LogP contribution < -0.4 is 21.6 Å². The number of carbonyl (C=O) groups is 1. The van der Waals surface area contributed by atoms with Gasteiger partial charge in [0.1, 0.15) is 13.7 Å². The van der Waals surface area contributed by atoms with Crippen molar-refractivity contribution < 1.29 is 4.79 Å². The Labute approximate surface area is 219 Å². The Kier molecular flexibility index (Phi) is 7.67. The molecule has 3 N–H and O–H groups in total. The molecule has 1 saturated carbocycles. The number of hydrogen-bond acceptors (Lipinski definition) is 8. The Balaban J connectivity index is 1.30. The molecule has 5 rings (SSSR count). The predicted molar refractivity (Wildman–Crippen MR) is 149 cm³/mol. The predicted octanol–water partition coefficient (Wildman–Crippen LogP) is 1.22. The molecule has 192 valence electrons. The smallest absolute Gasteiger partial charge is 0.271 e. The standard InChI is InChI=1S/C27H35BN8O/c1-34-10-12-35(13-11-34)18-19-6-8-20(9-7-19)21-14-22(16-30-15-21)26(37)33-36(23-4-2-3-5-23)25-24(28)17-31-27(29)32-25/h6-9,14-17,23H,2-5,10-13,18,28H2,1H3,(H,33,37)(H2,29,31,32). The first kappa shape index (κ1) is 25.2. The second kappa shape index (κ2) is 11.3. The van der Waals surface area contributed by atoms with E-state index in [0.717, 1.165) is 75.0 Å². The fraction of sp³-hybridized carbons (Fsp3) is 0.407. The van der Waals surface area contributed by atoms with Crippen LogP contribution >= 0.6 is 0 Å². The van der Waals surface area contributed by atoms with Crippen molar-refractivity contribution in [1.82, 2.24) is 30.2 Å². The largest absolute Gasteiger partial charge is 0.368 e. The van der Waals surface area contributed by atoms with E-state index >= 15 is 0 Å². The zero-order chi connectivity index (χ0) is 25.8. The number of piperazine rings is 1. The maximum Gasteiger partial charge on any atom is 0.271 e. The number of amides is 1. The van der Waals surface area contributed by atoms with Gasteiger partial charge in [0.05, 0.1) is 11.6 Å². The van der Waals surface area contributed by atoms with E-state index in [-0.39, 0.29) is 17.9 Å². The lowest BCUT2D eigenvalue weighted by Crippen LogP contribution is -2.50. The number of hydrazine groups is 1. The fourth-order valence-electron chi connectivity index (χ4n) is 5.13. The van der Waals surface area contributed by atoms with Crippen molar-refractivity contribution in [3.63, 3.8) is 0 Å². The molecule has 1 aliphatic heterocycles. The molecule has 3 aromatic rings. The van der Waals surface area contributed by atoms with Gasteiger partial charge >= 0.3 is 0 Å². The van der Waals surface area contributed by atoms with Crippen LogP contribution in [0.2, 0.25) is 0 Å². The van der Waals surface area contributed by atoms with E-state index in [1.54, 1.807) is 18.6 Å². The molecule has 3 heterocycles. The van der Waals surface area contributed by atoms with Crippen molar-refractivity contribution in [2.75, 3.05) is 44.0 Å². The highest BCUT2D eigenvalue weighted by molar-refractivity contribution is 6.35. The molecule has 1 aliphatic carbocycles. The van der Waals surface area contributed by atoms with E-state index < -0.39 is 0 Å². The summed E-state index contributed by atoms with van der Waals surface area (Å²) in [4.78, 5) is 31.1. The molecule has 1 saturated heterocycles. The van der Waals surface area contributed by atoms with Crippen LogP contribution in [0.1, 0.15) is 41.6 Å². The number of benzene rings is 1. The third kappa shape index (κ3) is 6.08. The van der Waals surface area contributed by atoms with Crippen LogP contribution in [0.15, 0.2) is 48.9 Å². The van der Waals surface area contributed by atoms with Gasteiger partial charge in [-0.15, -0.1) is 0 Å². The number of carbonyl (C=O) groups excluding carboxylic acids is 1. The van der Waals surface area contributed by atoms with Crippen LogP contribution in [0.4, 0.5) is 11.8 Å². The van der Waals surface area contributed by atoms with Crippen LogP contribution in [-0.2, 0) is 6.54 Å². The third-order valence-electron chi connectivity index (χ3n) is 7.39. The summed E-state index contributed by atoms with van der Waals surface area (Å²) in [6.07, 6.45) is 9.33. The van der Waals surface area contributed by atoms with Crippen LogP contribution in [-0.4, -0.2) is 77.8 Å². The van der Waals surface area contributed by atoms with Crippen LogP contribution in [0.5, 0.6) is 0 Å². The number of pyridine rings is 1. The highest BCUT2D eigenvalue weighted by atomic mass is 16.2. The van der Waals surface area contributed by atoms with Gasteiger partial charge < -0.3 is 10.6 Å². The van der Waals surface area contributed by atoms with E-state index in [0.29, 0.717) is 11.4 Å². The van der Waals surface area contributed by atoms with Gasteiger partial charge in [-0.1, -0.05) is 37.1 Å². The summed E-state index contributed by atoms with van der Waals surface area (Å²) in [6, 6.07) is 10.6. The Hall–Kier alpha value is -3.50. The quantitative estimate of drug-likeness (QED) is 0.370. The van der Waals surface area contributed by atoms with Gasteiger partial charge in [-0.25, -0.2) is 4.98 Å². The molecule has 37 heavy (non-hydrogen) atoms. The Morgan fingerprint density at radius 3 is 2.54 bits per heavy atom. The van der Waals surface area contributed by atoms with Crippen LogP contribution in [0.3, 0.4) is 0 Å². The molecule has 0 radical (unpaired) electrons. The number of likely N-dealkylation sites (N-methyl/N-ethyl adjacent to an activating group) is 1. The molecule has 0 unspecified atom stereocenters. The van der Waals surface area contributed by atoms with Crippen molar-refractivity contribution in [3.05, 3.63) is 60.0 Å². The lowest BCUT2D eigenvalue weighted by Gasteiger charge is -2.32. The molecule has 0 spiro atoms. The van der Waals surface area contributed by atoms with Gasteiger partial charge in [0, 0.05) is 56.9 Å². The average Bonchev–Trinajstić information content (AvgIpc) is 3.45. The molecule has 2 aliphatic rings. The highest BCUT2D eigenvalue weighted by Gasteiger charge is 2.27. The summed E-state index contributed by atoms with van der Waals surface area (Å²) in [5.41, 5.74) is 13.6. The van der Waals surface area contributed by atoms with Gasteiger partial charge in [0.15, 0.2) is 0 Å². The zero-order valence-electron chi connectivity index (χ0n) is 21.7. The molecule has 1 amide bonds. The minimum Gasteiger partial charge on any atom is -0.368 e. The first-order chi connectivity index (χ1) is 18.0. The Morgan fingerprint density at radius 1 is 1.08 bits per heavy atom. The second-order valence-electron chi connectivity index (χ2n) is 10.2. The van der Waals surface area contributed by atoms with Gasteiger partial charge in [-0.3, -0.25) is 25.1 Å². The molecule has 10 heteroatoms.